The van der Waals surface area contributed by atoms with Gasteiger partial charge in [-0.2, -0.15) is 0 Å². The molecule has 1 N–H and O–H groups in total. The third-order valence-electron chi connectivity index (χ3n) is 5.64. The molecule has 2 heterocycles. The summed E-state index contributed by atoms with van der Waals surface area (Å²) in [6.45, 7) is 11.5. The van der Waals surface area contributed by atoms with Gasteiger partial charge in [0.2, 0.25) is 5.91 Å². The van der Waals surface area contributed by atoms with E-state index in [1.165, 1.54) is 0 Å². The predicted molar refractivity (Wildman–Crippen MR) is 85.1 cm³/mol. The molecule has 2 fully saturated rings. The van der Waals surface area contributed by atoms with Crippen molar-refractivity contribution in [1.29, 1.82) is 0 Å². The number of fused-ring (bicyclic) bond motifs is 1. The lowest BCUT2D eigenvalue weighted by atomic mass is 9.81. The predicted octanol–water partition coefficient (Wildman–Crippen LogP) is 2.42. The zero-order valence-corrected chi connectivity index (χ0v) is 13.5. The van der Waals surface area contributed by atoms with Gasteiger partial charge in [0.1, 0.15) is 0 Å². The molecule has 2 unspecified atom stereocenters. The molecule has 0 saturated carbocycles. The maximum atomic E-state index is 13.2. The summed E-state index contributed by atoms with van der Waals surface area (Å²) in [4.78, 5) is 15.4. The molecule has 114 valence electrons. The highest BCUT2D eigenvalue weighted by molar-refractivity contribution is 5.88. The Kier molecular flexibility index (Phi) is 3.36. The van der Waals surface area contributed by atoms with E-state index in [4.69, 9.17) is 0 Å². The van der Waals surface area contributed by atoms with Gasteiger partial charge in [0.15, 0.2) is 0 Å². The third-order valence-corrected chi connectivity index (χ3v) is 5.64. The van der Waals surface area contributed by atoms with E-state index in [1.54, 1.807) is 0 Å². The van der Waals surface area contributed by atoms with Crippen molar-refractivity contribution >= 4 is 5.91 Å². The Hall–Kier alpha value is -1.35. The molecule has 0 aromatic heterocycles. The van der Waals surface area contributed by atoms with Crippen LogP contribution in [0.25, 0.3) is 0 Å². The molecule has 1 aromatic rings. The van der Waals surface area contributed by atoms with Gasteiger partial charge in [-0.25, -0.2) is 0 Å². The van der Waals surface area contributed by atoms with Crippen LogP contribution in [0.1, 0.15) is 33.3 Å². The normalized spacial score (nSPS) is 27.7. The number of nitrogens with one attached hydrogen (secondary N) is 1. The molecule has 3 nitrogen and oxygen atoms in total. The van der Waals surface area contributed by atoms with Crippen LogP contribution in [-0.2, 0) is 10.2 Å². The van der Waals surface area contributed by atoms with E-state index < -0.39 is 5.41 Å². The Labute approximate surface area is 127 Å². The number of hydrogen-bond donors (Lipinski definition) is 1. The highest BCUT2D eigenvalue weighted by Gasteiger charge is 2.53. The number of benzene rings is 1. The summed E-state index contributed by atoms with van der Waals surface area (Å²) >= 11 is 0. The molecule has 2 aliphatic heterocycles. The Morgan fingerprint density at radius 1 is 1.24 bits per heavy atom. The van der Waals surface area contributed by atoms with Crippen molar-refractivity contribution in [2.45, 2.75) is 38.6 Å². The Morgan fingerprint density at radius 2 is 1.90 bits per heavy atom. The van der Waals surface area contributed by atoms with Crippen molar-refractivity contribution < 1.29 is 4.79 Å². The summed E-state index contributed by atoms with van der Waals surface area (Å²) < 4.78 is 0. The SMILES string of the molecule is CC(C)(C(=O)N1CC2CNCC2C1(C)C)c1ccccc1. The summed E-state index contributed by atoms with van der Waals surface area (Å²) in [7, 11) is 0. The van der Waals surface area contributed by atoms with Gasteiger partial charge in [0, 0.05) is 25.2 Å². The minimum Gasteiger partial charge on any atom is -0.336 e. The van der Waals surface area contributed by atoms with Crippen LogP contribution >= 0.6 is 0 Å². The number of nitrogens with zero attached hydrogens (tertiary/aromatic N) is 1. The molecule has 0 radical (unpaired) electrons. The minimum absolute atomic E-state index is 0.0582. The van der Waals surface area contributed by atoms with Crippen molar-refractivity contribution in [2.24, 2.45) is 11.8 Å². The van der Waals surface area contributed by atoms with Gasteiger partial charge >= 0.3 is 0 Å². The van der Waals surface area contributed by atoms with E-state index >= 15 is 0 Å². The lowest BCUT2D eigenvalue weighted by molar-refractivity contribution is -0.140. The first-order chi connectivity index (χ1) is 9.85. The van der Waals surface area contributed by atoms with Crippen molar-refractivity contribution in [3.63, 3.8) is 0 Å². The monoisotopic (exact) mass is 286 g/mol. The fourth-order valence-corrected chi connectivity index (χ4v) is 4.08. The van der Waals surface area contributed by atoms with Crippen LogP contribution in [0.15, 0.2) is 30.3 Å². The van der Waals surface area contributed by atoms with Crippen molar-refractivity contribution in [2.75, 3.05) is 19.6 Å². The van der Waals surface area contributed by atoms with Gasteiger partial charge in [0.05, 0.1) is 5.41 Å². The standard InChI is InChI=1S/C18H26N2O/c1-17(2,14-8-6-5-7-9-14)16(21)20-12-13-10-19-11-15(13)18(20,3)4/h5-9,13,15,19H,10-12H2,1-4H3. The average Bonchev–Trinajstić information content (AvgIpc) is 3.01. The highest BCUT2D eigenvalue weighted by Crippen LogP contribution is 2.42. The number of carbonyl (C=O) groups excluding carboxylic acids is 1. The molecule has 21 heavy (non-hydrogen) atoms. The zero-order chi connectivity index (χ0) is 15.3. The second-order valence-electron chi connectivity index (χ2n) is 7.59. The quantitative estimate of drug-likeness (QED) is 0.905. The number of hydrogen-bond acceptors (Lipinski definition) is 2. The maximum Gasteiger partial charge on any atom is 0.233 e. The van der Waals surface area contributed by atoms with Crippen LogP contribution in [0, 0.1) is 11.8 Å². The summed E-state index contributed by atoms with van der Waals surface area (Å²) in [5, 5.41) is 3.47. The molecular weight excluding hydrogens is 260 g/mol. The van der Waals surface area contributed by atoms with Crippen molar-refractivity contribution in [1.82, 2.24) is 10.2 Å². The van der Waals surface area contributed by atoms with Gasteiger partial charge in [-0.15, -0.1) is 0 Å². The lowest BCUT2D eigenvalue weighted by Gasteiger charge is -2.40. The summed E-state index contributed by atoms with van der Waals surface area (Å²) in [5.74, 6) is 1.44. The molecule has 0 spiro atoms. The number of rotatable bonds is 2. The minimum atomic E-state index is -0.468. The van der Waals surface area contributed by atoms with Gasteiger partial charge in [-0.1, -0.05) is 30.3 Å². The second-order valence-corrected chi connectivity index (χ2v) is 7.59. The molecule has 1 amide bonds. The van der Waals surface area contributed by atoms with Crippen LogP contribution in [0.4, 0.5) is 0 Å². The Bertz CT molecular complexity index is 535. The average molecular weight is 286 g/mol. The first-order valence-electron chi connectivity index (χ1n) is 7.93. The summed E-state index contributed by atoms with van der Waals surface area (Å²) in [6.07, 6.45) is 0. The number of carbonyl (C=O) groups is 1. The summed E-state index contributed by atoms with van der Waals surface area (Å²) in [5.41, 5.74) is 0.572. The van der Waals surface area contributed by atoms with E-state index in [-0.39, 0.29) is 11.4 Å². The van der Waals surface area contributed by atoms with Gasteiger partial charge < -0.3 is 10.2 Å². The molecular formula is C18H26N2O. The summed E-state index contributed by atoms with van der Waals surface area (Å²) in [6, 6.07) is 10.1. The fraction of sp³-hybridized carbons (Fsp3) is 0.611. The number of amides is 1. The molecule has 0 bridgehead atoms. The highest BCUT2D eigenvalue weighted by atomic mass is 16.2. The second kappa shape index (κ2) is 4.84. The number of likely N-dealkylation sites (tertiary alicyclic amines) is 1. The smallest absolute Gasteiger partial charge is 0.233 e. The molecule has 2 atom stereocenters. The Balaban J connectivity index is 1.89. The van der Waals surface area contributed by atoms with Crippen LogP contribution in [0.2, 0.25) is 0 Å². The topological polar surface area (TPSA) is 32.3 Å². The largest absolute Gasteiger partial charge is 0.336 e. The van der Waals surface area contributed by atoms with E-state index in [1.807, 2.05) is 32.0 Å². The van der Waals surface area contributed by atoms with Crippen molar-refractivity contribution in [3.8, 4) is 0 Å². The van der Waals surface area contributed by atoms with Crippen LogP contribution in [0.5, 0.6) is 0 Å². The first kappa shape index (κ1) is 14.6. The van der Waals surface area contributed by atoms with Gasteiger partial charge in [-0.05, 0) is 45.1 Å². The van der Waals surface area contributed by atoms with Gasteiger partial charge in [-0.3, -0.25) is 4.79 Å². The zero-order valence-electron chi connectivity index (χ0n) is 13.5. The first-order valence-corrected chi connectivity index (χ1v) is 7.93. The van der Waals surface area contributed by atoms with E-state index in [0.29, 0.717) is 11.8 Å². The molecule has 3 rings (SSSR count). The lowest BCUT2D eigenvalue weighted by Crippen LogP contribution is -2.53. The van der Waals surface area contributed by atoms with Crippen LogP contribution in [-0.4, -0.2) is 36.0 Å². The van der Waals surface area contributed by atoms with Crippen molar-refractivity contribution in [3.05, 3.63) is 35.9 Å². The molecule has 2 saturated heterocycles. The molecule has 0 aliphatic carbocycles. The third kappa shape index (κ3) is 2.18. The van der Waals surface area contributed by atoms with E-state index in [9.17, 15) is 4.79 Å². The Morgan fingerprint density at radius 3 is 2.52 bits per heavy atom. The fourth-order valence-electron chi connectivity index (χ4n) is 4.08. The van der Waals surface area contributed by atoms with E-state index in [2.05, 4.69) is 36.2 Å². The molecule has 1 aromatic carbocycles. The van der Waals surface area contributed by atoms with Gasteiger partial charge in [0.25, 0.3) is 0 Å². The maximum absolute atomic E-state index is 13.2. The van der Waals surface area contributed by atoms with Crippen LogP contribution < -0.4 is 5.32 Å². The molecule has 3 heteroatoms. The molecule has 2 aliphatic rings. The van der Waals surface area contributed by atoms with E-state index in [0.717, 1.165) is 25.2 Å². The van der Waals surface area contributed by atoms with Crippen LogP contribution in [0.3, 0.4) is 0 Å².